The van der Waals surface area contributed by atoms with E-state index >= 15 is 0 Å². The molecule has 0 bridgehead atoms. The zero-order valence-corrected chi connectivity index (χ0v) is 11.8. The average molecular weight is 285 g/mol. The Balaban J connectivity index is 1.95. The fourth-order valence-electron chi connectivity index (χ4n) is 2.03. The van der Waals surface area contributed by atoms with Gasteiger partial charge in [-0.25, -0.2) is 4.39 Å². The van der Waals surface area contributed by atoms with Crippen LogP contribution in [0.4, 0.5) is 4.39 Å². The Hall–Kier alpha value is -2.54. The van der Waals surface area contributed by atoms with E-state index in [9.17, 15) is 9.65 Å². The topological polar surface area (TPSA) is 42.2 Å². The number of hydrogen-bond acceptors (Lipinski definition) is 3. The third-order valence-electron chi connectivity index (χ3n) is 3.16. The van der Waals surface area contributed by atoms with Crippen molar-refractivity contribution < 1.29 is 13.9 Å². The first-order valence-electron chi connectivity index (χ1n) is 6.65. The van der Waals surface area contributed by atoms with Gasteiger partial charge < -0.3 is 9.47 Å². The van der Waals surface area contributed by atoms with Crippen molar-refractivity contribution in [2.45, 2.75) is 12.3 Å². The number of benzene rings is 2. The summed E-state index contributed by atoms with van der Waals surface area (Å²) < 4.78 is 23.7. The molecular weight excluding hydrogens is 269 g/mol. The van der Waals surface area contributed by atoms with Crippen LogP contribution in [0.5, 0.6) is 11.5 Å². The molecule has 0 saturated heterocycles. The Morgan fingerprint density at radius 2 is 1.76 bits per heavy atom. The molecule has 1 atom stereocenters. The summed E-state index contributed by atoms with van der Waals surface area (Å²) in [5, 5.41) is 9.22. The molecule has 0 aliphatic heterocycles. The molecule has 0 spiro atoms. The van der Waals surface area contributed by atoms with Gasteiger partial charge in [-0.2, -0.15) is 5.26 Å². The second-order valence-corrected chi connectivity index (χ2v) is 4.52. The Bertz CT molecular complexity index is 619. The normalized spacial score (nSPS) is 11.5. The molecule has 0 amide bonds. The van der Waals surface area contributed by atoms with Crippen LogP contribution in [0, 0.1) is 17.1 Å². The minimum atomic E-state index is -0.319. The lowest BCUT2D eigenvalue weighted by molar-refractivity contribution is 0.285. The van der Waals surface area contributed by atoms with E-state index in [2.05, 4.69) is 6.07 Å². The molecule has 0 heterocycles. The first kappa shape index (κ1) is 14.9. The molecule has 3 nitrogen and oxygen atoms in total. The van der Waals surface area contributed by atoms with Gasteiger partial charge in [0.25, 0.3) is 0 Å². The third-order valence-corrected chi connectivity index (χ3v) is 3.16. The Morgan fingerprint density at radius 1 is 1.10 bits per heavy atom. The summed E-state index contributed by atoms with van der Waals surface area (Å²) in [6.07, 6.45) is 0.528. The number of methoxy groups -OCH3 is 1. The molecule has 108 valence electrons. The molecule has 0 radical (unpaired) electrons. The van der Waals surface area contributed by atoms with Crippen molar-refractivity contribution in [1.29, 1.82) is 5.26 Å². The van der Waals surface area contributed by atoms with E-state index in [0.29, 0.717) is 24.5 Å². The highest BCUT2D eigenvalue weighted by atomic mass is 19.1. The largest absolute Gasteiger partial charge is 0.493 e. The van der Waals surface area contributed by atoms with E-state index in [1.54, 1.807) is 19.2 Å². The molecule has 0 aliphatic carbocycles. The molecule has 21 heavy (non-hydrogen) atoms. The van der Waals surface area contributed by atoms with Gasteiger partial charge in [0.1, 0.15) is 5.82 Å². The summed E-state index contributed by atoms with van der Waals surface area (Å²) in [5.74, 6) is 0.685. The smallest absolute Gasteiger partial charge is 0.161 e. The van der Waals surface area contributed by atoms with Crippen LogP contribution in [0.3, 0.4) is 0 Å². The van der Waals surface area contributed by atoms with Crippen molar-refractivity contribution in [3.63, 3.8) is 0 Å². The van der Waals surface area contributed by atoms with E-state index in [-0.39, 0.29) is 11.7 Å². The van der Waals surface area contributed by atoms with Crippen LogP contribution in [-0.2, 0) is 0 Å². The highest BCUT2D eigenvalue weighted by Gasteiger charge is 2.11. The zero-order chi connectivity index (χ0) is 15.1. The maximum atomic E-state index is 12.9. The fraction of sp³-hybridized carbons (Fsp3) is 0.235. The fourth-order valence-corrected chi connectivity index (χ4v) is 2.03. The van der Waals surface area contributed by atoms with Crippen molar-refractivity contribution in [1.82, 2.24) is 0 Å². The van der Waals surface area contributed by atoms with Gasteiger partial charge in [-0.05, 0) is 29.8 Å². The third kappa shape index (κ3) is 3.96. The maximum absolute atomic E-state index is 12.9. The van der Waals surface area contributed by atoms with Gasteiger partial charge >= 0.3 is 0 Å². The first-order valence-corrected chi connectivity index (χ1v) is 6.65. The molecule has 2 rings (SSSR count). The molecular formula is C17H16FNO2. The highest BCUT2D eigenvalue weighted by Crippen LogP contribution is 2.27. The summed E-state index contributed by atoms with van der Waals surface area (Å²) in [6.45, 7) is 0.385. The number of halogens is 1. The lowest BCUT2D eigenvalue weighted by atomic mass is 9.98. The standard InChI is InChI=1S/C17H16FNO2/c1-20-16-4-2-3-5-17(16)21-11-10-14(12-19)13-6-8-15(18)9-7-13/h2-9,14H,10-11H2,1H3. The Labute approximate surface area is 123 Å². The molecule has 4 heteroatoms. The SMILES string of the molecule is COc1ccccc1OCCC(C#N)c1ccc(F)cc1. The minimum absolute atomic E-state index is 0.305. The molecule has 0 aromatic heterocycles. The second-order valence-electron chi connectivity index (χ2n) is 4.52. The predicted molar refractivity (Wildman–Crippen MR) is 77.9 cm³/mol. The Kier molecular flexibility index (Phi) is 5.16. The van der Waals surface area contributed by atoms with E-state index in [1.165, 1.54) is 12.1 Å². The first-order chi connectivity index (χ1) is 10.2. The van der Waals surface area contributed by atoms with E-state index < -0.39 is 0 Å². The Morgan fingerprint density at radius 3 is 2.38 bits per heavy atom. The van der Waals surface area contributed by atoms with Gasteiger partial charge in [0.2, 0.25) is 0 Å². The van der Waals surface area contributed by atoms with E-state index in [4.69, 9.17) is 9.47 Å². The van der Waals surface area contributed by atoms with Crippen LogP contribution in [0.2, 0.25) is 0 Å². The quantitative estimate of drug-likeness (QED) is 0.808. The van der Waals surface area contributed by atoms with E-state index in [1.807, 2.05) is 24.3 Å². The van der Waals surface area contributed by atoms with Crippen molar-refractivity contribution >= 4 is 0 Å². The maximum Gasteiger partial charge on any atom is 0.161 e. The average Bonchev–Trinajstić information content (AvgIpc) is 2.53. The summed E-state index contributed by atoms with van der Waals surface area (Å²) >= 11 is 0. The summed E-state index contributed by atoms with van der Waals surface area (Å²) in [4.78, 5) is 0. The summed E-state index contributed by atoms with van der Waals surface area (Å²) in [5.41, 5.74) is 0.794. The number of nitriles is 1. The van der Waals surface area contributed by atoms with E-state index in [0.717, 1.165) is 5.56 Å². The van der Waals surface area contributed by atoms with Crippen molar-refractivity contribution in [2.24, 2.45) is 0 Å². The van der Waals surface area contributed by atoms with Crippen LogP contribution in [-0.4, -0.2) is 13.7 Å². The number of ether oxygens (including phenoxy) is 2. The minimum Gasteiger partial charge on any atom is -0.493 e. The lowest BCUT2D eigenvalue weighted by Gasteiger charge is -2.12. The number of rotatable bonds is 6. The van der Waals surface area contributed by atoms with Crippen molar-refractivity contribution in [3.05, 3.63) is 59.9 Å². The van der Waals surface area contributed by atoms with Crippen molar-refractivity contribution in [2.75, 3.05) is 13.7 Å². The van der Waals surface area contributed by atoms with Crippen LogP contribution in [0.1, 0.15) is 17.9 Å². The number of para-hydroxylation sites is 2. The number of hydrogen-bond donors (Lipinski definition) is 0. The van der Waals surface area contributed by atoms with Gasteiger partial charge in [0.15, 0.2) is 11.5 Å². The van der Waals surface area contributed by atoms with Crippen LogP contribution in [0.15, 0.2) is 48.5 Å². The molecule has 2 aromatic rings. The monoisotopic (exact) mass is 285 g/mol. The highest BCUT2D eigenvalue weighted by molar-refractivity contribution is 5.39. The van der Waals surface area contributed by atoms with Gasteiger partial charge in [0.05, 0.1) is 25.7 Å². The summed E-state index contributed by atoms with van der Waals surface area (Å²) in [7, 11) is 1.58. The molecule has 2 aromatic carbocycles. The van der Waals surface area contributed by atoms with Gasteiger partial charge in [-0.15, -0.1) is 0 Å². The summed E-state index contributed by atoms with van der Waals surface area (Å²) in [6, 6.07) is 15.6. The van der Waals surface area contributed by atoms with Gasteiger partial charge in [0, 0.05) is 6.42 Å². The molecule has 0 aliphatic rings. The van der Waals surface area contributed by atoms with Crippen molar-refractivity contribution in [3.8, 4) is 17.6 Å². The van der Waals surface area contributed by atoms with Crippen LogP contribution < -0.4 is 9.47 Å². The molecule has 0 N–H and O–H groups in total. The predicted octanol–water partition coefficient (Wildman–Crippen LogP) is 3.91. The second kappa shape index (κ2) is 7.30. The molecule has 0 saturated carbocycles. The van der Waals surface area contributed by atoms with Crippen LogP contribution >= 0.6 is 0 Å². The molecule has 1 unspecified atom stereocenters. The van der Waals surface area contributed by atoms with Crippen LogP contribution in [0.25, 0.3) is 0 Å². The van der Waals surface area contributed by atoms with Gasteiger partial charge in [-0.3, -0.25) is 0 Å². The zero-order valence-electron chi connectivity index (χ0n) is 11.8. The molecule has 0 fully saturated rings. The lowest BCUT2D eigenvalue weighted by Crippen LogP contribution is -2.05. The van der Waals surface area contributed by atoms with Gasteiger partial charge in [-0.1, -0.05) is 24.3 Å². The number of nitrogens with zero attached hydrogens (tertiary/aromatic N) is 1.